The molecule has 656 valence electrons. The SMILES string of the molecule is CC1(C)C(/C=C/C2=C(Oc3ccc(S(=O)(=O)O)cc3)C(=C/C=C3/N(CCCS(=O)(=O)O)c4ccccc4C3(C)CCCC(=O)N[C@@H](Cc3ccccc3)C(=O)N[C@@H](Cc3ccccc3)C(=O)NCC(=O)NCCNC(=O)[C@H](Cc3ccccc3)NC(=O)CC[C@H](NC(=O)N[C@@H](CCC(=O)O)C(=O)O)C(=O)O)/CCC2)=[N+](CCCS(=O)(=O)O)c2ccccc21. The molecule has 33 nitrogen and oxygen atoms in total. The number of carboxylic acids is 3. The summed E-state index contributed by atoms with van der Waals surface area (Å²) in [4.78, 5) is 133. The predicted molar refractivity (Wildman–Crippen MR) is 455 cm³/mol. The topological polar surface area (TPSA) is 506 Å². The van der Waals surface area contributed by atoms with Crippen LogP contribution in [0, 0.1) is 0 Å². The van der Waals surface area contributed by atoms with Crippen molar-refractivity contribution in [1.29, 1.82) is 0 Å². The van der Waals surface area contributed by atoms with E-state index >= 15 is 0 Å². The average Bonchev–Trinajstić information content (AvgIpc) is 1.59. The van der Waals surface area contributed by atoms with Gasteiger partial charge < -0.3 is 67.5 Å². The average molecular weight is 1750 g/mol. The molecule has 0 bridgehead atoms. The standard InChI is InChI=1S/C87H102N10O23S3/c1-86(2)64-29-13-15-31-71(64)96(49-19-51-121(111,112)113)73(86)42-34-60-27-17-28-61(79(60)120-62-36-38-63(39-37-62)123(117,118)119)35-43-74-87(3,65-30-14-16-32-72(65)97(74)50-20-52-122(114,115)116)46-18-33-75(98)92-70(55-59-25-11-6-12-26-59)82(105)93-69(54-58-23-9-5-10-24-58)81(104)90-56-77(100)88-47-48-89-80(103)68(53-57-21-7-4-8-22-57)91-76(99)44-40-66(83(106)107)94-85(110)95-67(84(108)109)41-45-78(101)102/h4-16,21-26,29-32,34-39,42-43,66-70H,17-20,27-28,33,40-41,44-56H2,1-3H3,(H13-,88,89,90,91,92,93,94,95,98,99,100,101,102,103,104,105,106,107,108,109,110,111,112,113,114,115,116,117,118,119)/p+1/t66-,67-,68-,69-,70-,87?/m0/s1. The molecule has 6 aromatic carbocycles. The van der Waals surface area contributed by atoms with Gasteiger partial charge in [-0.3, -0.25) is 47.2 Å². The molecule has 9 rings (SSSR count). The number of ether oxygens (including phenoxy) is 1. The first-order chi connectivity index (χ1) is 58.3. The zero-order valence-corrected chi connectivity index (χ0v) is 70.5. The van der Waals surface area contributed by atoms with Gasteiger partial charge in [-0.2, -0.15) is 29.8 Å². The van der Waals surface area contributed by atoms with Crippen LogP contribution in [0.15, 0.2) is 216 Å². The Bertz CT molecular complexity index is 5380. The minimum absolute atomic E-state index is 0.000324. The maximum atomic E-state index is 14.8. The fourth-order valence-corrected chi connectivity index (χ4v) is 16.6. The molecule has 3 aliphatic rings. The number of hydrogen-bond donors (Lipinski definition) is 14. The number of hydrogen-bond acceptors (Lipinski definition) is 18. The Morgan fingerprint density at radius 2 is 1.02 bits per heavy atom. The Morgan fingerprint density at radius 1 is 0.512 bits per heavy atom. The van der Waals surface area contributed by atoms with Crippen molar-refractivity contribution in [3.63, 3.8) is 0 Å². The van der Waals surface area contributed by atoms with Gasteiger partial charge in [0, 0.05) is 99.1 Å². The van der Waals surface area contributed by atoms with Gasteiger partial charge in [-0.1, -0.05) is 133 Å². The van der Waals surface area contributed by atoms with Crippen LogP contribution in [-0.4, -0.2) is 198 Å². The summed E-state index contributed by atoms with van der Waals surface area (Å²) in [5, 5.41) is 48.4. The van der Waals surface area contributed by atoms with Crippen molar-refractivity contribution in [2.75, 3.05) is 49.1 Å². The summed E-state index contributed by atoms with van der Waals surface area (Å²) in [6.07, 6.45) is 7.51. The second-order valence-corrected chi connectivity index (χ2v) is 35.3. The van der Waals surface area contributed by atoms with E-state index in [0.29, 0.717) is 59.4 Å². The van der Waals surface area contributed by atoms with Gasteiger partial charge in [0.25, 0.3) is 30.4 Å². The van der Waals surface area contributed by atoms with Crippen LogP contribution < -0.4 is 52.2 Å². The van der Waals surface area contributed by atoms with Gasteiger partial charge in [0.1, 0.15) is 48.3 Å². The summed E-state index contributed by atoms with van der Waals surface area (Å²) < 4.78 is 111. The summed E-state index contributed by atoms with van der Waals surface area (Å²) in [7, 11) is -13.3. The molecule has 123 heavy (non-hydrogen) atoms. The molecule has 2 aliphatic heterocycles. The number of amides is 8. The number of carboxylic acid groups (broad SMARTS) is 3. The molecule has 0 fully saturated rings. The molecule has 8 amide bonds. The highest BCUT2D eigenvalue weighted by Gasteiger charge is 2.46. The van der Waals surface area contributed by atoms with Crippen LogP contribution in [0.2, 0.25) is 0 Å². The molecule has 0 saturated carbocycles. The first kappa shape index (κ1) is 94.6. The quantitative estimate of drug-likeness (QED) is 0.0103. The first-order valence-corrected chi connectivity index (χ1v) is 44.7. The second-order valence-electron chi connectivity index (χ2n) is 30.7. The smallest absolute Gasteiger partial charge is 0.326 e. The molecule has 6 atom stereocenters. The van der Waals surface area contributed by atoms with Crippen molar-refractivity contribution in [3.8, 4) is 5.75 Å². The van der Waals surface area contributed by atoms with Crippen LogP contribution in [0.25, 0.3) is 0 Å². The molecule has 0 aromatic heterocycles. The maximum absolute atomic E-state index is 14.8. The van der Waals surface area contributed by atoms with Gasteiger partial charge in [-0.15, -0.1) is 0 Å². The summed E-state index contributed by atoms with van der Waals surface area (Å²) in [6, 6.07) is 38.2. The number of benzene rings is 6. The molecule has 36 heteroatoms. The van der Waals surface area contributed by atoms with Crippen LogP contribution in [-0.2, 0) is 104 Å². The first-order valence-electron chi connectivity index (χ1n) is 40.0. The van der Waals surface area contributed by atoms with E-state index in [4.69, 9.17) is 9.84 Å². The van der Waals surface area contributed by atoms with Crippen molar-refractivity contribution in [3.05, 3.63) is 239 Å². The zero-order valence-electron chi connectivity index (χ0n) is 68.1. The van der Waals surface area contributed by atoms with Crippen molar-refractivity contribution in [2.24, 2.45) is 0 Å². The van der Waals surface area contributed by atoms with Gasteiger partial charge in [0.15, 0.2) is 5.71 Å². The largest absolute Gasteiger partial charge is 0.481 e. The molecule has 0 radical (unpaired) electrons. The molecule has 1 unspecified atom stereocenters. The summed E-state index contributed by atoms with van der Waals surface area (Å²) >= 11 is 0. The fourth-order valence-electron chi connectivity index (χ4n) is 15.1. The van der Waals surface area contributed by atoms with Crippen LogP contribution in [0.5, 0.6) is 5.75 Å². The maximum Gasteiger partial charge on any atom is 0.326 e. The van der Waals surface area contributed by atoms with E-state index in [1.807, 2.05) is 94.6 Å². The minimum atomic E-state index is -4.59. The Kier molecular flexibility index (Phi) is 33.5. The number of anilines is 1. The van der Waals surface area contributed by atoms with E-state index in [-0.39, 0.29) is 81.8 Å². The monoisotopic (exact) mass is 1750 g/mol. The third-order valence-corrected chi connectivity index (χ3v) is 23.7. The number of para-hydroxylation sites is 2. The Balaban J connectivity index is 0.898. The predicted octanol–water partition coefficient (Wildman–Crippen LogP) is 7.08. The lowest BCUT2D eigenvalue weighted by atomic mass is 9.77. The third kappa shape index (κ3) is 28.2. The van der Waals surface area contributed by atoms with E-state index in [1.165, 1.54) is 24.3 Å². The number of nitrogens with zero attached hydrogens (tertiary/aromatic N) is 2. The van der Waals surface area contributed by atoms with Crippen LogP contribution in [0.1, 0.15) is 126 Å². The van der Waals surface area contributed by atoms with Gasteiger partial charge in [0.05, 0.1) is 28.4 Å². The molecule has 0 spiro atoms. The fraction of sp³-hybridized carbons (Fsp3) is 0.368. The van der Waals surface area contributed by atoms with E-state index in [0.717, 1.165) is 33.8 Å². The molecule has 14 N–H and O–H groups in total. The summed E-state index contributed by atoms with van der Waals surface area (Å²) in [6.45, 7) is 5.51. The highest BCUT2D eigenvalue weighted by molar-refractivity contribution is 7.86. The van der Waals surface area contributed by atoms with Crippen LogP contribution in [0.4, 0.5) is 16.2 Å². The number of urea groups is 1. The van der Waals surface area contributed by atoms with Crippen molar-refractivity contribution in [1.82, 2.24) is 42.5 Å². The normalized spacial score (nSPS) is 16.9. The highest BCUT2D eigenvalue weighted by atomic mass is 32.2. The van der Waals surface area contributed by atoms with Crippen LogP contribution in [0.3, 0.4) is 0 Å². The summed E-state index contributed by atoms with van der Waals surface area (Å²) in [5.74, 6) is -9.09. The van der Waals surface area contributed by atoms with Crippen molar-refractivity contribution < 1.29 is 111 Å². The summed E-state index contributed by atoms with van der Waals surface area (Å²) in [5.41, 5.74) is 6.79. The molecule has 1 aliphatic carbocycles. The number of carbonyl (C=O) groups is 10. The third-order valence-electron chi connectivity index (χ3n) is 21.3. The highest BCUT2D eigenvalue weighted by Crippen LogP contribution is 2.51. The van der Waals surface area contributed by atoms with Crippen molar-refractivity contribution >= 4 is 107 Å². The molecular formula is C87H103N10O23S3+. The van der Waals surface area contributed by atoms with Crippen LogP contribution >= 0.6 is 0 Å². The number of allylic oxidation sites excluding steroid dienone is 7. The number of fused-ring (bicyclic) bond motifs is 2. The number of rotatable bonds is 45. The lowest BCUT2D eigenvalue weighted by Crippen LogP contribution is -2.56. The Labute approximate surface area is 713 Å². The van der Waals surface area contributed by atoms with E-state index in [9.17, 15) is 97.1 Å². The molecular weight excluding hydrogens is 1650 g/mol. The van der Waals surface area contributed by atoms with Gasteiger partial charge in [-0.05, 0) is 148 Å². The number of aliphatic carboxylic acids is 3. The molecule has 6 aromatic rings. The van der Waals surface area contributed by atoms with Gasteiger partial charge >= 0.3 is 23.9 Å². The lowest BCUT2D eigenvalue weighted by molar-refractivity contribution is -0.437. The minimum Gasteiger partial charge on any atom is -0.481 e. The molecule has 2 heterocycles. The van der Waals surface area contributed by atoms with E-state index in [1.54, 1.807) is 91.0 Å². The molecule has 0 saturated heterocycles. The van der Waals surface area contributed by atoms with E-state index < -0.39 is 175 Å². The Morgan fingerprint density at radius 3 is 1.59 bits per heavy atom. The number of carbonyl (C=O) groups excluding carboxylic acids is 7. The van der Waals surface area contributed by atoms with Crippen molar-refractivity contribution in [2.45, 2.75) is 163 Å². The van der Waals surface area contributed by atoms with Gasteiger partial charge in [0.2, 0.25) is 41.1 Å². The lowest BCUT2D eigenvalue weighted by Gasteiger charge is -2.31. The van der Waals surface area contributed by atoms with Gasteiger partial charge in [-0.25, -0.2) is 14.4 Å². The number of nitrogens with one attached hydrogen (secondary N) is 8. The zero-order chi connectivity index (χ0) is 89.2. The van der Waals surface area contributed by atoms with E-state index in [2.05, 4.69) is 51.1 Å². The second kappa shape index (κ2) is 43.5. The Hall–Kier alpha value is -12.2.